The van der Waals surface area contributed by atoms with Crippen molar-refractivity contribution in [3.63, 3.8) is 0 Å². The number of carbonyl (C=O) groups excluding carboxylic acids is 1. The Kier molecular flexibility index (Phi) is 5.10. The van der Waals surface area contributed by atoms with E-state index < -0.39 is 6.03 Å². The van der Waals surface area contributed by atoms with Crippen molar-refractivity contribution in [3.05, 3.63) is 53.9 Å². The molecule has 5 N–H and O–H groups in total. The van der Waals surface area contributed by atoms with Crippen LogP contribution < -0.4 is 11.1 Å². The zero-order valence-electron chi connectivity index (χ0n) is 13.7. The van der Waals surface area contributed by atoms with Crippen LogP contribution in [0.3, 0.4) is 0 Å². The van der Waals surface area contributed by atoms with Crippen molar-refractivity contribution in [1.29, 1.82) is 5.41 Å². The first kappa shape index (κ1) is 16.7. The number of H-pyrrole nitrogens is 1. The molecule has 0 unspecified atom stereocenters. The lowest BCUT2D eigenvalue weighted by molar-refractivity contribution is 0.0682. The Morgan fingerprint density at radius 3 is 2.56 bits per heavy atom. The number of morpholine rings is 1. The van der Waals surface area contributed by atoms with Gasteiger partial charge in [0.25, 0.3) is 0 Å². The second-order valence-electron chi connectivity index (χ2n) is 5.53. The van der Waals surface area contributed by atoms with Crippen LogP contribution in [0.2, 0.25) is 0 Å². The van der Waals surface area contributed by atoms with Crippen molar-refractivity contribution in [3.8, 4) is 0 Å². The predicted molar refractivity (Wildman–Crippen MR) is 96.2 cm³/mol. The lowest BCUT2D eigenvalue weighted by atomic mass is 10.2. The smallest absolute Gasteiger partial charge is 0.316 e. The Bertz CT molecular complexity index is 761. The van der Waals surface area contributed by atoms with Crippen molar-refractivity contribution in [2.75, 3.05) is 31.6 Å². The number of hydrogen-bond donors (Lipinski definition) is 4. The van der Waals surface area contributed by atoms with E-state index in [1.165, 1.54) is 0 Å². The van der Waals surface area contributed by atoms with Gasteiger partial charge >= 0.3 is 6.03 Å². The average Bonchev–Trinajstić information content (AvgIpc) is 3.14. The zero-order valence-corrected chi connectivity index (χ0v) is 13.7. The van der Waals surface area contributed by atoms with Crippen LogP contribution in [0.15, 0.2) is 47.6 Å². The summed E-state index contributed by atoms with van der Waals surface area (Å²) in [5.41, 5.74) is 7.17. The molecule has 0 saturated carbocycles. The van der Waals surface area contributed by atoms with Gasteiger partial charge in [-0.3, -0.25) is 5.41 Å². The standard InChI is InChI=1S/C17H20N6O2/c18-15(12-3-5-13(6-4-12)21-17(19)24)22-16(14-2-1-7-20-14)23-8-10-25-11-9-23/h1-7,18,20H,8-11H2,(H3,19,21,24)/b18-15?,22-16+. The molecular formula is C17H20N6O2. The van der Waals surface area contributed by atoms with Gasteiger partial charge in [0, 0.05) is 30.5 Å². The Balaban J connectivity index is 1.83. The first-order chi connectivity index (χ1) is 12.1. The maximum absolute atomic E-state index is 10.9. The summed E-state index contributed by atoms with van der Waals surface area (Å²) in [5.74, 6) is 0.861. The predicted octanol–water partition coefficient (Wildman–Crippen LogP) is 1.61. The van der Waals surface area contributed by atoms with Gasteiger partial charge in [-0.25, -0.2) is 9.79 Å². The van der Waals surface area contributed by atoms with Crippen LogP contribution in [0, 0.1) is 5.41 Å². The van der Waals surface area contributed by atoms with Crippen LogP contribution in [0.25, 0.3) is 0 Å². The molecule has 0 aliphatic carbocycles. The number of rotatable bonds is 3. The summed E-state index contributed by atoms with van der Waals surface area (Å²) in [6.45, 7) is 2.74. The topological polar surface area (TPSA) is 120 Å². The minimum Gasteiger partial charge on any atom is -0.378 e. The molecule has 130 valence electrons. The maximum Gasteiger partial charge on any atom is 0.316 e. The van der Waals surface area contributed by atoms with Crippen molar-refractivity contribution in [2.24, 2.45) is 10.7 Å². The summed E-state index contributed by atoms with van der Waals surface area (Å²) < 4.78 is 5.40. The highest BCUT2D eigenvalue weighted by molar-refractivity contribution is 6.09. The molecule has 0 radical (unpaired) electrons. The number of primary amides is 1. The number of nitrogens with one attached hydrogen (secondary N) is 3. The van der Waals surface area contributed by atoms with Crippen LogP contribution >= 0.6 is 0 Å². The molecule has 1 aromatic carbocycles. The third-order valence-corrected chi connectivity index (χ3v) is 3.79. The molecule has 1 fully saturated rings. The number of aromatic nitrogens is 1. The minimum absolute atomic E-state index is 0.140. The lowest BCUT2D eigenvalue weighted by Crippen LogP contribution is -2.41. The third kappa shape index (κ3) is 4.24. The first-order valence-corrected chi connectivity index (χ1v) is 7.94. The van der Waals surface area contributed by atoms with Gasteiger partial charge in [0.05, 0.1) is 18.9 Å². The molecular weight excluding hydrogens is 320 g/mol. The average molecular weight is 340 g/mol. The highest BCUT2D eigenvalue weighted by Gasteiger charge is 2.18. The quantitative estimate of drug-likeness (QED) is 0.502. The van der Waals surface area contributed by atoms with E-state index in [2.05, 4.69) is 20.2 Å². The second kappa shape index (κ2) is 7.63. The number of ether oxygens (including phenoxy) is 1. The third-order valence-electron chi connectivity index (χ3n) is 3.79. The van der Waals surface area contributed by atoms with Crippen LogP contribution in [0.1, 0.15) is 11.3 Å². The summed E-state index contributed by atoms with van der Waals surface area (Å²) in [7, 11) is 0. The van der Waals surface area contributed by atoms with Gasteiger partial charge in [-0.1, -0.05) is 0 Å². The van der Waals surface area contributed by atoms with Gasteiger partial charge in [-0.05, 0) is 36.4 Å². The molecule has 0 bridgehead atoms. The summed E-state index contributed by atoms with van der Waals surface area (Å²) in [4.78, 5) is 20.7. The molecule has 25 heavy (non-hydrogen) atoms. The number of urea groups is 1. The number of amidine groups is 2. The van der Waals surface area contributed by atoms with E-state index in [1.54, 1.807) is 24.3 Å². The number of aromatic amines is 1. The van der Waals surface area contributed by atoms with E-state index in [0.29, 0.717) is 24.5 Å². The van der Waals surface area contributed by atoms with E-state index in [1.807, 2.05) is 18.3 Å². The molecule has 2 aromatic rings. The fourth-order valence-electron chi connectivity index (χ4n) is 2.57. The van der Waals surface area contributed by atoms with Crippen LogP contribution in [-0.2, 0) is 4.74 Å². The molecule has 8 heteroatoms. The van der Waals surface area contributed by atoms with E-state index in [0.717, 1.165) is 24.6 Å². The lowest BCUT2D eigenvalue weighted by Gasteiger charge is -2.29. The molecule has 2 heterocycles. The molecule has 0 atom stereocenters. The zero-order chi connectivity index (χ0) is 17.6. The van der Waals surface area contributed by atoms with E-state index in [9.17, 15) is 4.79 Å². The fourth-order valence-corrected chi connectivity index (χ4v) is 2.57. The van der Waals surface area contributed by atoms with Gasteiger partial charge in [0.2, 0.25) is 0 Å². The summed E-state index contributed by atoms with van der Waals surface area (Å²) in [6.07, 6.45) is 1.83. The summed E-state index contributed by atoms with van der Waals surface area (Å²) in [5, 5.41) is 10.8. The van der Waals surface area contributed by atoms with Crippen LogP contribution in [-0.4, -0.2) is 53.9 Å². The monoisotopic (exact) mass is 340 g/mol. The number of benzene rings is 1. The molecule has 2 amide bonds. The van der Waals surface area contributed by atoms with Gasteiger partial charge in [-0.2, -0.15) is 0 Å². The molecule has 1 aromatic heterocycles. The Morgan fingerprint density at radius 1 is 1.24 bits per heavy atom. The molecule has 1 saturated heterocycles. The molecule has 1 aliphatic rings. The normalized spacial score (nSPS) is 15.0. The number of hydrogen-bond acceptors (Lipinski definition) is 3. The molecule has 0 spiro atoms. The molecule has 1 aliphatic heterocycles. The number of anilines is 1. The Morgan fingerprint density at radius 2 is 1.96 bits per heavy atom. The van der Waals surface area contributed by atoms with E-state index in [4.69, 9.17) is 15.9 Å². The van der Waals surface area contributed by atoms with E-state index in [-0.39, 0.29) is 5.84 Å². The number of nitrogens with two attached hydrogens (primary N) is 1. The SMILES string of the molecule is N=C(/N=C(\c1ccc[nH]1)N1CCOCC1)c1ccc(NC(N)=O)cc1. The largest absolute Gasteiger partial charge is 0.378 e. The number of amides is 2. The van der Waals surface area contributed by atoms with E-state index >= 15 is 0 Å². The second-order valence-corrected chi connectivity index (χ2v) is 5.53. The number of nitrogens with zero attached hydrogens (tertiary/aromatic N) is 2. The van der Waals surface area contributed by atoms with Crippen molar-refractivity contribution >= 4 is 23.4 Å². The number of aliphatic imine (C=N–C) groups is 1. The maximum atomic E-state index is 10.9. The molecule has 8 nitrogen and oxygen atoms in total. The van der Waals surface area contributed by atoms with Gasteiger partial charge in [-0.15, -0.1) is 0 Å². The van der Waals surface area contributed by atoms with Gasteiger partial charge in [0.1, 0.15) is 0 Å². The van der Waals surface area contributed by atoms with Gasteiger partial charge < -0.3 is 25.7 Å². The van der Waals surface area contributed by atoms with Gasteiger partial charge in [0.15, 0.2) is 11.7 Å². The number of carbonyl (C=O) groups is 1. The summed E-state index contributed by atoms with van der Waals surface area (Å²) in [6, 6.07) is 10.0. The van der Waals surface area contributed by atoms with Crippen molar-refractivity contribution < 1.29 is 9.53 Å². The fraction of sp³-hybridized carbons (Fsp3) is 0.235. The highest BCUT2D eigenvalue weighted by Crippen LogP contribution is 2.13. The highest BCUT2D eigenvalue weighted by atomic mass is 16.5. The molecule has 3 rings (SSSR count). The summed E-state index contributed by atoms with van der Waals surface area (Å²) >= 11 is 0. The Hall–Kier alpha value is -3.13. The first-order valence-electron chi connectivity index (χ1n) is 7.94. The minimum atomic E-state index is -0.623. The Labute approximate surface area is 145 Å². The van der Waals surface area contributed by atoms with Crippen LogP contribution in [0.4, 0.5) is 10.5 Å². The van der Waals surface area contributed by atoms with Crippen LogP contribution in [0.5, 0.6) is 0 Å². The van der Waals surface area contributed by atoms with Crippen molar-refractivity contribution in [1.82, 2.24) is 9.88 Å². The van der Waals surface area contributed by atoms with Crippen molar-refractivity contribution in [2.45, 2.75) is 0 Å².